The van der Waals surface area contributed by atoms with Gasteiger partial charge in [0.15, 0.2) is 5.96 Å². The number of amides is 3. The molecule has 1 rings (SSSR count). The molecule has 1 saturated heterocycles. The maximum absolute atomic E-state index is 11.4. The highest BCUT2D eigenvalue weighted by Crippen LogP contribution is 2.19. The van der Waals surface area contributed by atoms with Crippen molar-refractivity contribution in [3.63, 3.8) is 0 Å². The maximum atomic E-state index is 11.4. The number of carbonyl (C=O) groups excluding carboxylic acids is 2. The highest BCUT2D eigenvalue weighted by atomic mass is 127. The van der Waals surface area contributed by atoms with Crippen molar-refractivity contribution < 1.29 is 9.59 Å². The number of nitrogens with one attached hydrogen (secondary N) is 3. The van der Waals surface area contributed by atoms with Crippen LogP contribution in [0.1, 0.15) is 13.8 Å². The molecule has 1 fully saturated rings. The monoisotopic (exact) mass is 429 g/mol. The van der Waals surface area contributed by atoms with E-state index in [0.29, 0.717) is 19.0 Å². The van der Waals surface area contributed by atoms with E-state index >= 15 is 0 Å². The van der Waals surface area contributed by atoms with Gasteiger partial charge >= 0.3 is 6.03 Å². The van der Waals surface area contributed by atoms with Crippen molar-refractivity contribution in [3.8, 4) is 0 Å². The number of nitrogens with zero attached hydrogens (tertiary/aromatic N) is 2. The van der Waals surface area contributed by atoms with E-state index in [0.717, 1.165) is 6.54 Å². The Morgan fingerprint density at radius 1 is 1.43 bits per heavy atom. The van der Waals surface area contributed by atoms with Crippen LogP contribution in [0.2, 0.25) is 0 Å². The van der Waals surface area contributed by atoms with Gasteiger partial charge in [-0.1, -0.05) is 0 Å². The van der Waals surface area contributed by atoms with E-state index in [9.17, 15) is 9.59 Å². The fourth-order valence-corrected chi connectivity index (χ4v) is 1.77. The van der Waals surface area contributed by atoms with Crippen molar-refractivity contribution in [2.75, 3.05) is 39.5 Å². The summed E-state index contributed by atoms with van der Waals surface area (Å²) in [6, 6.07) is -0.330. The zero-order valence-electron chi connectivity index (χ0n) is 12.9. The quantitative estimate of drug-likeness (QED) is 0.247. The van der Waals surface area contributed by atoms with Crippen molar-refractivity contribution in [3.05, 3.63) is 0 Å². The van der Waals surface area contributed by atoms with Crippen molar-refractivity contribution in [2.24, 2.45) is 4.99 Å². The van der Waals surface area contributed by atoms with E-state index in [4.69, 9.17) is 0 Å². The van der Waals surface area contributed by atoms with Gasteiger partial charge in [0.25, 0.3) is 0 Å². The van der Waals surface area contributed by atoms with Gasteiger partial charge in [-0.3, -0.25) is 14.7 Å². The maximum Gasteiger partial charge on any atom is 0.324 e. The standard InChI is InChI=1S/C12H23N5O2S.HI/c1-12(2,20-4)8-16-10(13-3)14-5-6-17-9(18)7-15-11(17)19;/h5-8H2,1-4H3,(H,15,19)(H2,13,14,16);1H. The molecule has 0 saturated carbocycles. The van der Waals surface area contributed by atoms with Gasteiger partial charge in [-0.05, 0) is 20.1 Å². The molecule has 0 atom stereocenters. The zero-order valence-corrected chi connectivity index (χ0v) is 16.0. The first-order chi connectivity index (χ1) is 9.39. The average molecular weight is 429 g/mol. The summed E-state index contributed by atoms with van der Waals surface area (Å²) >= 11 is 1.77. The number of imide groups is 1. The Kier molecular flexibility index (Phi) is 9.02. The van der Waals surface area contributed by atoms with Crippen LogP contribution in [-0.2, 0) is 4.79 Å². The number of hydrogen-bond acceptors (Lipinski definition) is 4. The summed E-state index contributed by atoms with van der Waals surface area (Å²) in [4.78, 5) is 28.0. The molecule has 0 aromatic heterocycles. The molecule has 0 aliphatic carbocycles. The fraction of sp³-hybridized carbons (Fsp3) is 0.750. The summed E-state index contributed by atoms with van der Waals surface area (Å²) in [5.74, 6) is 0.474. The molecule has 0 aromatic carbocycles. The number of rotatable bonds is 6. The summed E-state index contributed by atoms with van der Waals surface area (Å²) in [7, 11) is 1.69. The van der Waals surface area contributed by atoms with Crippen molar-refractivity contribution in [1.29, 1.82) is 0 Å². The van der Waals surface area contributed by atoms with Gasteiger partial charge in [0.05, 0.1) is 6.54 Å². The molecule has 0 bridgehead atoms. The van der Waals surface area contributed by atoms with Gasteiger partial charge in [0.2, 0.25) is 5.91 Å². The topological polar surface area (TPSA) is 85.8 Å². The van der Waals surface area contributed by atoms with Crippen LogP contribution in [0.5, 0.6) is 0 Å². The molecule has 1 aliphatic rings. The number of hydrogen-bond donors (Lipinski definition) is 3. The number of guanidine groups is 1. The molecule has 3 N–H and O–H groups in total. The Morgan fingerprint density at radius 2 is 2.10 bits per heavy atom. The van der Waals surface area contributed by atoms with Gasteiger partial charge in [0, 0.05) is 31.4 Å². The molecule has 1 heterocycles. The Labute approximate surface area is 147 Å². The summed E-state index contributed by atoms with van der Waals surface area (Å²) in [6.07, 6.45) is 2.06. The van der Waals surface area contributed by atoms with Crippen molar-refractivity contribution in [1.82, 2.24) is 20.9 Å². The molecule has 21 heavy (non-hydrogen) atoms. The van der Waals surface area contributed by atoms with Crippen LogP contribution in [0.4, 0.5) is 4.79 Å². The molecule has 0 aromatic rings. The van der Waals surface area contributed by atoms with Crippen molar-refractivity contribution in [2.45, 2.75) is 18.6 Å². The lowest BCUT2D eigenvalue weighted by Gasteiger charge is -2.24. The minimum Gasteiger partial charge on any atom is -0.355 e. The van der Waals surface area contributed by atoms with Crippen LogP contribution < -0.4 is 16.0 Å². The highest BCUT2D eigenvalue weighted by Gasteiger charge is 2.27. The number of halogens is 1. The van der Waals surface area contributed by atoms with E-state index in [2.05, 4.69) is 41.0 Å². The average Bonchev–Trinajstić information content (AvgIpc) is 2.74. The van der Waals surface area contributed by atoms with Crippen LogP contribution >= 0.6 is 35.7 Å². The van der Waals surface area contributed by atoms with Gasteiger partial charge in [-0.25, -0.2) is 4.79 Å². The molecular formula is C12H24IN5O2S. The second-order valence-electron chi connectivity index (χ2n) is 5.02. The highest BCUT2D eigenvalue weighted by molar-refractivity contribution is 14.0. The minimum atomic E-state index is -0.330. The van der Waals surface area contributed by atoms with E-state index < -0.39 is 0 Å². The molecule has 3 amide bonds. The lowest BCUT2D eigenvalue weighted by Crippen LogP contribution is -2.46. The molecular weight excluding hydrogens is 405 g/mol. The van der Waals surface area contributed by atoms with E-state index in [1.54, 1.807) is 18.8 Å². The van der Waals surface area contributed by atoms with Crippen molar-refractivity contribution >= 4 is 53.6 Å². The third kappa shape index (κ3) is 6.72. The fourth-order valence-electron chi connectivity index (χ4n) is 1.56. The van der Waals surface area contributed by atoms with Crippen LogP contribution in [0, 0.1) is 0 Å². The van der Waals surface area contributed by atoms with Gasteiger partial charge in [-0.15, -0.1) is 24.0 Å². The first kappa shape index (κ1) is 20.3. The second-order valence-corrected chi connectivity index (χ2v) is 6.53. The third-order valence-electron chi connectivity index (χ3n) is 3.02. The Bertz CT molecular complexity index is 387. The zero-order chi connectivity index (χ0) is 15.2. The SMILES string of the molecule is CN=C(NCCN1C(=O)CNC1=O)NCC(C)(C)SC.I. The molecule has 9 heteroatoms. The number of carbonyl (C=O) groups is 2. The predicted octanol–water partition coefficient (Wildman–Crippen LogP) is 0.463. The van der Waals surface area contributed by atoms with Crippen LogP contribution in [0.15, 0.2) is 4.99 Å². The van der Waals surface area contributed by atoms with Gasteiger partial charge in [-0.2, -0.15) is 11.8 Å². The number of thioether (sulfide) groups is 1. The summed E-state index contributed by atoms with van der Waals surface area (Å²) in [5.41, 5.74) is 0. The third-order valence-corrected chi connectivity index (χ3v) is 4.27. The van der Waals surface area contributed by atoms with Crippen LogP contribution in [0.3, 0.4) is 0 Å². The molecule has 0 radical (unpaired) electrons. The second kappa shape index (κ2) is 9.34. The molecule has 0 spiro atoms. The lowest BCUT2D eigenvalue weighted by molar-refractivity contribution is -0.124. The normalized spacial score (nSPS) is 15.6. The Hall–Kier alpha value is -0.710. The summed E-state index contributed by atoms with van der Waals surface area (Å²) in [6.45, 7) is 5.96. The predicted molar refractivity (Wildman–Crippen MR) is 97.5 cm³/mol. The largest absolute Gasteiger partial charge is 0.355 e. The smallest absolute Gasteiger partial charge is 0.324 e. The van der Waals surface area contributed by atoms with Crippen LogP contribution in [0.25, 0.3) is 0 Å². The molecule has 7 nitrogen and oxygen atoms in total. The van der Waals surface area contributed by atoms with E-state index in [1.807, 2.05) is 0 Å². The van der Waals surface area contributed by atoms with Crippen LogP contribution in [-0.4, -0.2) is 67.0 Å². The summed E-state index contributed by atoms with van der Waals surface area (Å²) < 4.78 is 0.114. The van der Waals surface area contributed by atoms with E-state index in [-0.39, 0.29) is 47.2 Å². The summed E-state index contributed by atoms with van der Waals surface area (Å²) in [5, 5.41) is 8.80. The van der Waals surface area contributed by atoms with Gasteiger partial charge < -0.3 is 16.0 Å². The number of aliphatic imine (C=N–C) groups is 1. The Balaban J connectivity index is 0.00000400. The molecule has 0 unspecified atom stereocenters. The number of urea groups is 1. The lowest BCUT2D eigenvalue weighted by atomic mass is 10.2. The Morgan fingerprint density at radius 3 is 2.57 bits per heavy atom. The van der Waals surface area contributed by atoms with Gasteiger partial charge in [0.1, 0.15) is 0 Å². The first-order valence-electron chi connectivity index (χ1n) is 6.47. The molecule has 1 aliphatic heterocycles. The van der Waals surface area contributed by atoms with E-state index in [1.165, 1.54) is 4.90 Å². The molecule has 122 valence electrons. The first-order valence-corrected chi connectivity index (χ1v) is 7.70. The minimum absolute atomic E-state index is 0.